The Morgan fingerprint density at radius 1 is 0.933 bits per heavy atom. The Labute approximate surface area is 90.9 Å². The molecule has 0 unspecified atom stereocenters. The summed E-state index contributed by atoms with van der Waals surface area (Å²) in [4.78, 5) is 0. The zero-order valence-corrected chi connectivity index (χ0v) is 9.86. The van der Waals surface area contributed by atoms with Crippen LogP contribution in [0.2, 0.25) is 0 Å². The van der Waals surface area contributed by atoms with E-state index in [4.69, 9.17) is 10.4 Å². The van der Waals surface area contributed by atoms with Crippen molar-refractivity contribution in [2.75, 3.05) is 13.1 Å². The smallest absolute Gasteiger partial charge is 0.0504 e. The van der Waals surface area contributed by atoms with Crippen molar-refractivity contribution in [2.24, 2.45) is 21.1 Å². The maximum Gasteiger partial charge on any atom is 0.0504 e. The van der Waals surface area contributed by atoms with Crippen molar-refractivity contribution < 1.29 is 10.4 Å². The van der Waals surface area contributed by atoms with Gasteiger partial charge >= 0.3 is 0 Å². The first-order valence-electron chi connectivity index (χ1n) is 4.91. The average Bonchev–Trinajstić information content (AvgIpc) is 2.02. The zero-order chi connectivity index (χ0) is 11.9. The first-order valence-corrected chi connectivity index (χ1v) is 4.91. The summed E-state index contributed by atoms with van der Waals surface area (Å²) in [5.74, 6) is 0. The Morgan fingerprint density at radius 2 is 1.27 bits per heavy atom. The second kappa shape index (κ2) is 5.70. The van der Waals surface area contributed by atoms with Gasteiger partial charge < -0.3 is 15.7 Å². The molecular weight excluding hydrogens is 194 g/mol. The Hall–Kier alpha value is -1.10. The zero-order valence-electron chi connectivity index (χ0n) is 9.86. The highest BCUT2D eigenvalue weighted by atomic mass is 16.4. The van der Waals surface area contributed by atoms with E-state index in [-0.39, 0.29) is 10.8 Å². The van der Waals surface area contributed by atoms with Gasteiger partial charge in [0.1, 0.15) is 0 Å². The van der Waals surface area contributed by atoms with Crippen molar-refractivity contribution in [3.05, 3.63) is 0 Å². The standard InChI is InChI=1S/C10H21N3O2/c1-9(2,7-12-14)5-11-6-10(3,4)8-13-15/h7-8,11,14-15H,5-6H2,1-4H3/b12-7+,13-8+. The van der Waals surface area contributed by atoms with Crippen LogP contribution >= 0.6 is 0 Å². The predicted octanol–water partition coefficient (Wildman–Crippen LogP) is 1.55. The van der Waals surface area contributed by atoms with Gasteiger partial charge in [0, 0.05) is 23.9 Å². The van der Waals surface area contributed by atoms with E-state index < -0.39 is 0 Å². The summed E-state index contributed by atoms with van der Waals surface area (Å²) >= 11 is 0. The van der Waals surface area contributed by atoms with Gasteiger partial charge in [0.2, 0.25) is 0 Å². The minimum atomic E-state index is -0.193. The highest BCUT2D eigenvalue weighted by molar-refractivity contribution is 5.65. The second-order valence-corrected chi connectivity index (χ2v) is 5.07. The Morgan fingerprint density at radius 3 is 1.53 bits per heavy atom. The largest absolute Gasteiger partial charge is 0.411 e. The van der Waals surface area contributed by atoms with E-state index in [1.165, 1.54) is 12.4 Å². The Kier molecular flexibility index (Phi) is 5.28. The van der Waals surface area contributed by atoms with Crippen molar-refractivity contribution in [2.45, 2.75) is 27.7 Å². The summed E-state index contributed by atoms with van der Waals surface area (Å²) in [6.07, 6.45) is 2.99. The fraction of sp³-hybridized carbons (Fsp3) is 0.800. The van der Waals surface area contributed by atoms with Gasteiger partial charge in [-0.15, -0.1) is 10.3 Å². The lowest BCUT2D eigenvalue weighted by Crippen LogP contribution is -2.37. The molecule has 15 heavy (non-hydrogen) atoms. The molecule has 0 heterocycles. The number of hydrogen-bond donors (Lipinski definition) is 3. The third-order valence-corrected chi connectivity index (χ3v) is 1.98. The normalized spacial score (nSPS) is 14.1. The summed E-state index contributed by atoms with van der Waals surface area (Å²) < 4.78 is 0. The minimum absolute atomic E-state index is 0.193. The van der Waals surface area contributed by atoms with E-state index in [1.807, 2.05) is 27.7 Å². The van der Waals surface area contributed by atoms with Gasteiger partial charge in [-0.1, -0.05) is 27.7 Å². The monoisotopic (exact) mass is 215 g/mol. The molecule has 0 radical (unpaired) electrons. The predicted molar refractivity (Wildman–Crippen MR) is 61.0 cm³/mol. The fourth-order valence-corrected chi connectivity index (χ4v) is 1.11. The fourth-order valence-electron chi connectivity index (χ4n) is 1.11. The highest BCUT2D eigenvalue weighted by Gasteiger charge is 2.19. The highest BCUT2D eigenvalue weighted by Crippen LogP contribution is 2.13. The number of nitrogens with zero attached hydrogens (tertiary/aromatic N) is 2. The number of oxime groups is 2. The molecule has 0 aliphatic carbocycles. The van der Waals surface area contributed by atoms with E-state index >= 15 is 0 Å². The molecule has 0 rings (SSSR count). The van der Waals surface area contributed by atoms with Crippen LogP contribution in [0.15, 0.2) is 10.3 Å². The number of rotatable bonds is 6. The van der Waals surface area contributed by atoms with E-state index in [1.54, 1.807) is 0 Å². The van der Waals surface area contributed by atoms with Crippen molar-refractivity contribution in [1.29, 1.82) is 0 Å². The lowest BCUT2D eigenvalue weighted by atomic mass is 9.92. The molecule has 0 atom stereocenters. The van der Waals surface area contributed by atoms with Crippen molar-refractivity contribution >= 4 is 12.4 Å². The van der Waals surface area contributed by atoms with Crippen LogP contribution in [0.1, 0.15) is 27.7 Å². The summed E-state index contributed by atoms with van der Waals surface area (Å²) in [6, 6.07) is 0. The molecule has 0 aromatic heterocycles. The summed E-state index contributed by atoms with van der Waals surface area (Å²) in [6.45, 7) is 9.25. The van der Waals surface area contributed by atoms with Gasteiger partial charge in [-0.05, 0) is 0 Å². The molecule has 0 aromatic carbocycles. The van der Waals surface area contributed by atoms with Crippen LogP contribution in [0.4, 0.5) is 0 Å². The quantitative estimate of drug-likeness (QED) is 0.357. The van der Waals surface area contributed by atoms with Crippen molar-refractivity contribution in [3.8, 4) is 0 Å². The molecule has 0 saturated heterocycles. The molecule has 0 aliphatic rings. The molecule has 0 aliphatic heterocycles. The molecule has 0 amide bonds. The SMILES string of the molecule is CC(C)(/C=N/O)CNCC(C)(C)/C=N/O. The summed E-state index contributed by atoms with van der Waals surface area (Å²) in [5.41, 5.74) is -0.387. The first kappa shape index (κ1) is 13.9. The number of hydrogen-bond acceptors (Lipinski definition) is 5. The van der Waals surface area contributed by atoms with Crippen LogP contribution in [-0.4, -0.2) is 35.9 Å². The van der Waals surface area contributed by atoms with Crippen molar-refractivity contribution in [3.63, 3.8) is 0 Å². The van der Waals surface area contributed by atoms with Crippen molar-refractivity contribution in [1.82, 2.24) is 5.32 Å². The lowest BCUT2D eigenvalue weighted by Gasteiger charge is -2.24. The van der Waals surface area contributed by atoms with Gasteiger partial charge in [0.05, 0.1) is 12.4 Å². The van der Waals surface area contributed by atoms with Crippen LogP contribution in [0.3, 0.4) is 0 Å². The summed E-state index contributed by atoms with van der Waals surface area (Å²) in [7, 11) is 0. The van der Waals surface area contributed by atoms with Crippen LogP contribution in [0.25, 0.3) is 0 Å². The van der Waals surface area contributed by atoms with Gasteiger partial charge in [-0.25, -0.2) is 0 Å². The van der Waals surface area contributed by atoms with E-state index in [2.05, 4.69) is 15.6 Å². The van der Waals surface area contributed by atoms with Gasteiger partial charge in [-0.3, -0.25) is 0 Å². The van der Waals surface area contributed by atoms with E-state index in [9.17, 15) is 0 Å². The molecule has 0 spiro atoms. The van der Waals surface area contributed by atoms with Crippen LogP contribution < -0.4 is 5.32 Å². The second-order valence-electron chi connectivity index (χ2n) is 5.07. The maximum absolute atomic E-state index is 8.43. The average molecular weight is 215 g/mol. The Bertz CT molecular complexity index is 211. The van der Waals surface area contributed by atoms with E-state index in [0.29, 0.717) is 13.1 Å². The first-order chi connectivity index (χ1) is 6.83. The minimum Gasteiger partial charge on any atom is -0.411 e. The molecule has 0 saturated carbocycles. The van der Waals surface area contributed by atoms with Gasteiger partial charge in [-0.2, -0.15) is 0 Å². The molecule has 88 valence electrons. The molecule has 0 fully saturated rings. The molecule has 0 aromatic rings. The van der Waals surface area contributed by atoms with Crippen LogP contribution in [-0.2, 0) is 0 Å². The topological polar surface area (TPSA) is 77.2 Å². The Balaban J connectivity index is 3.98. The molecule has 5 nitrogen and oxygen atoms in total. The van der Waals surface area contributed by atoms with Crippen LogP contribution in [0.5, 0.6) is 0 Å². The molecular formula is C10H21N3O2. The third-order valence-electron chi connectivity index (χ3n) is 1.98. The van der Waals surface area contributed by atoms with E-state index in [0.717, 1.165) is 0 Å². The third kappa shape index (κ3) is 6.90. The van der Waals surface area contributed by atoms with Gasteiger partial charge in [0.25, 0.3) is 0 Å². The molecule has 0 bridgehead atoms. The van der Waals surface area contributed by atoms with Gasteiger partial charge in [0.15, 0.2) is 0 Å². The lowest BCUT2D eigenvalue weighted by molar-refractivity contribution is 0.307. The van der Waals surface area contributed by atoms with Crippen LogP contribution in [0, 0.1) is 10.8 Å². The maximum atomic E-state index is 8.43. The number of nitrogens with one attached hydrogen (secondary N) is 1. The summed E-state index contributed by atoms with van der Waals surface area (Å²) in [5, 5.41) is 26.2. The molecule has 3 N–H and O–H groups in total. The molecule has 5 heteroatoms.